The molecule has 21 heavy (non-hydrogen) atoms. The quantitative estimate of drug-likeness (QED) is 0.860. The first-order chi connectivity index (χ1) is 10.1. The number of anilines is 1. The number of hydrogen-bond donors (Lipinski definition) is 2. The van der Waals surface area contributed by atoms with Gasteiger partial charge in [0.2, 0.25) is 0 Å². The molecule has 0 bridgehead atoms. The summed E-state index contributed by atoms with van der Waals surface area (Å²) in [5.74, 6) is 0.212. The Morgan fingerprint density at radius 1 is 1.38 bits per heavy atom. The van der Waals surface area contributed by atoms with Crippen molar-refractivity contribution in [2.45, 2.75) is 31.8 Å². The van der Waals surface area contributed by atoms with E-state index in [-0.39, 0.29) is 11.9 Å². The van der Waals surface area contributed by atoms with E-state index in [1.54, 1.807) is 0 Å². The van der Waals surface area contributed by atoms with Crippen LogP contribution in [-0.4, -0.2) is 44.2 Å². The fourth-order valence-corrected chi connectivity index (χ4v) is 3.08. The van der Waals surface area contributed by atoms with Crippen molar-refractivity contribution in [2.75, 3.05) is 31.1 Å². The van der Waals surface area contributed by atoms with Gasteiger partial charge in [0.15, 0.2) is 6.04 Å². The minimum Gasteiger partial charge on any atom is -0.360 e. The highest BCUT2D eigenvalue weighted by atomic mass is 35.5. The summed E-state index contributed by atoms with van der Waals surface area (Å²) < 4.78 is 0. The Balaban J connectivity index is 1.53. The van der Waals surface area contributed by atoms with Crippen LogP contribution in [0.1, 0.15) is 19.8 Å². The summed E-state index contributed by atoms with van der Waals surface area (Å²) in [6.45, 7) is 5.97. The standard InChI is InChI=1S/C16H22ClN3O/c1-12(16(21)18-14-5-6-14)19-7-9-20(10-8-19)15-4-2-3-13(17)11-15/h2-4,11-12,14H,5-10H2,1H3,(H,18,21)/p+1/t12-/m1/s1. The molecule has 1 heterocycles. The number of piperazine rings is 1. The third-order valence-electron chi connectivity index (χ3n) is 4.51. The molecule has 114 valence electrons. The first-order valence-electron chi connectivity index (χ1n) is 7.79. The van der Waals surface area contributed by atoms with Gasteiger partial charge in [0.05, 0.1) is 26.2 Å². The van der Waals surface area contributed by atoms with Crippen LogP contribution in [0.25, 0.3) is 0 Å². The van der Waals surface area contributed by atoms with E-state index in [2.05, 4.69) is 16.3 Å². The van der Waals surface area contributed by atoms with Gasteiger partial charge < -0.3 is 15.1 Å². The number of carbonyl (C=O) groups excluding carboxylic acids is 1. The number of amides is 1. The molecule has 2 aliphatic rings. The Labute approximate surface area is 131 Å². The van der Waals surface area contributed by atoms with Crippen LogP contribution in [0.2, 0.25) is 5.02 Å². The predicted molar refractivity (Wildman–Crippen MR) is 85.0 cm³/mol. The number of benzene rings is 1. The van der Waals surface area contributed by atoms with Gasteiger partial charge >= 0.3 is 0 Å². The van der Waals surface area contributed by atoms with Crippen LogP contribution in [0.3, 0.4) is 0 Å². The van der Waals surface area contributed by atoms with E-state index >= 15 is 0 Å². The van der Waals surface area contributed by atoms with Crippen LogP contribution in [-0.2, 0) is 4.79 Å². The van der Waals surface area contributed by atoms with Gasteiger partial charge in [-0.2, -0.15) is 0 Å². The molecule has 1 atom stereocenters. The number of carbonyl (C=O) groups is 1. The highest BCUT2D eigenvalue weighted by Gasteiger charge is 2.32. The van der Waals surface area contributed by atoms with Gasteiger partial charge in [0, 0.05) is 16.8 Å². The van der Waals surface area contributed by atoms with Gasteiger partial charge in [-0.05, 0) is 38.0 Å². The molecule has 5 heteroatoms. The summed E-state index contributed by atoms with van der Waals surface area (Å²) in [6.07, 6.45) is 2.30. The summed E-state index contributed by atoms with van der Waals surface area (Å²) in [7, 11) is 0. The lowest BCUT2D eigenvalue weighted by molar-refractivity contribution is -0.914. The van der Waals surface area contributed by atoms with E-state index in [9.17, 15) is 4.79 Å². The fourth-order valence-electron chi connectivity index (χ4n) is 2.90. The normalized spacial score (nSPS) is 21.1. The van der Waals surface area contributed by atoms with Crippen LogP contribution < -0.4 is 15.1 Å². The number of rotatable bonds is 4. The molecule has 0 spiro atoms. The molecular formula is C16H23ClN3O+. The van der Waals surface area contributed by atoms with E-state index < -0.39 is 0 Å². The third kappa shape index (κ3) is 3.69. The molecule has 0 aromatic heterocycles. The van der Waals surface area contributed by atoms with E-state index in [1.165, 1.54) is 10.6 Å². The van der Waals surface area contributed by atoms with Crippen LogP contribution in [0, 0.1) is 0 Å². The smallest absolute Gasteiger partial charge is 0.278 e. The Morgan fingerprint density at radius 3 is 2.71 bits per heavy atom. The summed E-state index contributed by atoms with van der Waals surface area (Å²) in [4.78, 5) is 15.9. The minimum atomic E-state index is 0.0483. The number of quaternary nitrogens is 1. The van der Waals surface area contributed by atoms with Gasteiger partial charge in [-0.3, -0.25) is 4.79 Å². The number of nitrogens with one attached hydrogen (secondary N) is 2. The average Bonchev–Trinajstić information content (AvgIpc) is 3.30. The summed E-state index contributed by atoms with van der Waals surface area (Å²) >= 11 is 6.05. The van der Waals surface area contributed by atoms with Gasteiger partial charge in [0.1, 0.15) is 0 Å². The maximum atomic E-state index is 12.1. The lowest BCUT2D eigenvalue weighted by Crippen LogP contribution is -3.19. The topological polar surface area (TPSA) is 36.8 Å². The molecule has 3 rings (SSSR count). The Morgan fingerprint density at radius 2 is 2.10 bits per heavy atom. The second kappa shape index (κ2) is 6.24. The van der Waals surface area contributed by atoms with Crippen molar-refractivity contribution < 1.29 is 9.69 Å². The first kappa shape index (κ1) is 14.7. The first-order valence-corrected chi connectivity index (χ1v) is 8.17. The molecule has 1 aliphatic carbocycles. The van der Waals surface area contributed by atoms with Gasteiger partial charge in [-0.25, -0.2) is 0 Å². The van der Waals surface area contributed by atoms with E-state index in [1.807, 2.05) is 25.1 Å². The molecule has 1 aliphatic heterocycles. The predicted octanol–water partition coefficient (Wildman–Crippen LogP) is 0.712. The van der Waals surface area contributed by atoms with Crippen molar-refractivity contribution in [3.63, 3.8) is 0 Å². The maximum absolute atomic E-state index is 12.1. The molecule has 0 radical (unpaired) electrons. The second-order valence-electron chi connectivity index (χ2n) is 6.13. The highest BCUT2D eigenvalue weighted by molar-refractivity contribution is 6.30. The Kier molecular flexibility index (Phi) is 4.36. The molecular weight excluding hydrogens is 286 g/mol. The van der Waals surface area contributed by atoms with Crippen molar-refractivity contribution in [3.8, 4) is 0 Å². The Bertz CT molecular complexity index is 510. The van der Waals surface area contributed by atoms with Gasteiger partial charge in [-0.1, -0.05) is 17.7 Å². The largest absolute Gasteiger partial charge is 0.360 e. The molecule has 2 N–H and O–H groups in total. The minimum absolute atomic E-state index is 0.0483. The fraction of sp³-hybridized carbons (Fsp3) is 0.562. The van der Waals surface area contributed by atoms with Gasteiger partial charge in [0.25, 0.3) is 5.91 Å². The zero-order valence-electron chi connectivity index (χ0n) is 12.4. The van der Waals surface area contributed by atoms with Crippen molar-refractivity contribution in [1.29, 1.82) is 0 Å². The van der Waals surface area contributed by atoms with Crippen molar-refractivity contribution >= 4 is 23.2 Å². The number of hydrogen-bond acceptors (Lipinski definition) is 2. The van der Waals surface area contributed by atoms with E-state index in [0.717, 1.165) is 44.0 Å². The van der Waals surface area contributed by atoms with Gasteiger partial charge in [-0.15, -0.1) is 0 Å². The Hall–Kier alpha value is -1.26. The molecule has 0 unspecified atom stereocenters. The molecule has 1 aromatic carbocycles. The zero-order valence-corrected chi connectivity index (χ0v) is 13.2. The zero-order chi connectivity index (χ0) is 14.8. The van der Waals surface area contributed by atoms with E-state index in [4.69, 9.17) is 11.6 Å². The second-order valence-corrected chi connectivity index (χ2v) is 6.57. The van der Waals surface area contributed by atoms with Crippen LogP contribution in [0.4, 0.5) is 5.69 Å². The summed E-state index contributed by atoms with van der Waals surface area (Å²) in [6, 6.07) is 8.49. The molecule has 1 aromatic rings. The van der Waals surface area contributed by atoms with Crippen molar-refractivity contribution in [2.24, 2.45) is 0 Å². The maximum Gasteiger partial charge on any atom is 0.278 e. The molecule has 4 nitrogen and oxygen atoms in total. The monoisotopic (exact) mass is 308 g/mol. The van der Waals surface area contributed by atoms with Crippen LogP contribution in [0.15, 0.2) is 24.3 Å². The molecule has 2 fully saturated rings. The van der Waals surface area contributed by atoms with E-state index in [0.29, 0.717) is 6.04 Å². The highest BCUT2D eigenvalue weighted by Crippen LogP contribution is 2.19. The SMILES string of the molecule is C[C@H](C(=O)NC1CC1)[NH+]1CCN(c2cccc(Cl)c2)CC1. The third-order valence-corrected chi connectivity index (χ3v) is 4.74. The van der Waals surface area contributed by atoms with Crippen molar-refractivity contribution in [3.05, 3.63) is 29.3 Å². The number of halogens is 1. The summed E-state index contributed by atoms with van der Waals surface area (Å²) in [5.41, 5.74) is 1.18. The van der Waals surface area contributed by atoms with Crippen LogP contribution in [0.5, 0.6) is 0 Å². The molecule has 1 amide bonds. The number of nitrogens with zero attached hydrogens (tertiary/aromatic N) is 1. The lowest BCUT2D eigenvalue weighted by atomic mass is 10.2. The average molecular weight is 309 g/mol. The molecule has 1 saturated carbocycles. The summed E-state index contributed by atoms with van der Waals surface area (Å²) in [5, 5.41) is 3.89. The lowest BCUT2D eigenvalue weighted by Gasteiger charge is -2.36. The van der Waals surface area contributed by atoms with Crippen LogP contribution >= 0.6 is 11.6 Å². The van der Waals surface area contributed by atoms with Crippen molar-refractivity contribution in [1.82, 2.24) is 5.32 Å². The molecule has 1 saturated heterocycles.